The van der Waals surface area contributed by atoms with Gasteiger partial charge in [-0.1, -0.05) is 46.6 Å². The van der Waals surface area contributed by atoms with E-state index in [9.17, 15) is 14.4 Å². The summed E-state index contributed by atoms with van der Waals surface area (Å²) >= 11 is 19.2. The summed E-state index contributed by atoms with van der Waals surface area (Å²) in [5.74, 6) is -1.29. The number of hydrogen-bond donors (Lipinski definition) is 2. The van der Waals surface area contributed by atoms with E-state index in [-0.39, 0.29) is 18.7 Å². The number of anilines is 2. The van der Waals surface area contributed by atoms with Crippen molar-refractivity contribution >= 4 is 75.7 Å². The lowest BCUT2D eigenvalue weighted by atomic mass is 10.2. The summed E-state index contributed by atoms with van der Waals surface area (Å²) < 4.78 is 4.95. The van der Waals surface area contributed by atoms with Gasteiger partial charge in [0.2, 0.25) is 5.91 Å². The molecule has 35 heavy (non-hydrogen) atoms. The van der Waals surface area contributed by atoms with Crippen LogP contribution in [0.25, 0.3) is 0 Å². The molecule has 0 unspecified atom stereocenters. The van der Waals surface area contributed by atoms with E-state index < -0.39 is 18.5 Å². The Morgan fingerprint density at radius 2 is 1.31 bits per heavy atom. The minimum absolute atomic E-state index is 0.0180. The molecule has 0 fully saturated rings. The molecule has 3 aromatic carbocycles. The molecule has 182 valence electrons. The van der Waals surface area contributed by atoms with Gasteiger partial charge in [-0.15, -0.1) is 0 Å². The fourth-order valence-corrected chi connectivity index (χ4v) is 4.09. The van der Waals surface area contributed by atoms with Crippen molar-refractivity contribution in [1.82, 2.24) is 0 Å². The number of carbonyl (C=O) groups excluding carboxylic acids is 3. The third kappa shape index (κ3) is 9.45. The highest BCUT2D eigenvalue weighted by Gasteiger charge is 2.10. The van der Waals surface area contributed by atoms with Gasteiger partial charge in [0.1, 0.15) is 0 Å². The predicted octanol–water partition coefficient (Wildman–Crippen LogP) is 7.09. The first-order valence-corrected chi connectivity index (χ1v) is 12.5. The molecule has 0 saturated carbocycles. The van der Waals surface area contributed by atoms with Crippen molar-refractivity contribution in [2.75, 3.05) is 17.2 Å². The Morgan fingerprint density at radius 3 is 1.97 bits per heavy atom. The quantitative estimate of drug-likeness (QED) is 0.263. The Hall–Kier alpha value is -2.71. The molecule has 3 rings (SSSR count). The number of hydrogen-bond acceptors (Lipinski definition) is 5. The van der Waals surface area contributed by atoms with Crippen LogP contribution in [-0.2, 0) is 19.1 Å². The number of amides is 2. The van der Waals surface area contributed by atoms with E-state index in [1.807, 2.05) is 48.5 Å². The number of esters is 1. The number of rotatable bonds is 10. The third-order valence-corrected chi connectivity index (χ3v) is 6.55. The van der Waals surface area contributed by atoms with Crippen molar-refractivity contribution in [1.29, 1.82) is 0 Å². The molecule has 0 bridgehead atoms. The van der Waals surface area contributed by atoms with Gasteiger partial charge in [0.25, 0.3) is 5.91 Å². The van der Waals surface area contributed by atoms with Gasteiger partial charge in [0, 0.05) is 39.0 Å². The van der Waals surface area contributed by atoms with Gasteiger partial charge >= 0.3 is 5.97 Å². The van der Waals surface area contributed by atoms with E-state index in [1.165, 1.54) is 6.07 Å². The Balaban J connectivity index is 1.32. The fraction of sp³-hybridized carbons (Fsp3) is 0.160. The number of halogens is 3. The first-order valence-electron chi connectivity index (χ1n) is 10.5. The van der Waals surface area contributed by atoms with Gasteiger partial charge in [-0.05, 0) is 73.2 Å². The van der Waals surface area contributed by atoms with Crippen molar-refractivity contribution in [2.24, 2.45) is 0 Å². The van der Waals surface area contributed by atoms with Crippen molar-refractivity contribution in [3.63, 3.8) is 0 Å². The Kier molecular flexibility index (Phi) is 10.3. The van der Waals surface area contributed by atoms with Gasteiger partial charge in [0.15, 0.2) is 6.61 Å². The molecule has 0 aromatic heterocycles. The highest BCUT2D eigenvalue weighted by atomic mass is 35.5. The SMILES string of the molecule is O=C(CCCC(=O)OCC(=O)Nc1ccc(Cl)c(Cl)c1)Nc1ccc(Sc2ccc(Cl)cc2)cc1. The van der Waals surface area contributed by atoms with Crippen molar-refractivity contribution in [3.05, 3.63) is 81.8 Å². The van der Waals surface area contributed by atoms with Crippen LogP contribution < -0.4 is 10.6 Å². The first-order chi connectivity index (χ1) is 16.8. The van der Waals surface area contributed by atoms with E-state index in [1.54, 1.807) is 23.9 Å². The molecule has 0 aliphatic rings. The average molecular weight is 552 g/mol. The van der Waals surface area contributed by atoms with Gasteiger partial charge in [-0.3, -0.25) is 14.4 Å². The van der Waals surface area contributed by atoms with Crippen LogP contribution in [0.2, 0.25) is 15.1 Å². The van der Waals surface area contributed by atoms with E-state index in [4.69, 9.17) is 39.5 Å². The van der Waals surface area contributed by atoms with Crippen LogP contribution in [0.4, 0.5) is 11.4 Å². The molecular formula is C25H21Cl3N2O4S. The van der Waals surface area contributed by atoms with Gasteiger partial charge < -0.3 is 15.4 Å². The summed E-state index contributed by atoms with van der Waals surface area (Å²) in [5.41, 5.74) is 1.10. The summed E-state index contributed by atoms with van der Waals surface area (Å²) in [5, 5.41) is 6.71. The van der Waals surface area contributed by atoms with Crippen LogP contribution in [0.5, 0.6) is 0 Å². The molecule has 10 heteroatoms. The van der Waals surface area contributed by atoms with Crippen LogP contribution in [0, 0.1) is 0 Å². The number of benzene rings is 3. The Morgan fingerprint density at radius 1 is 0.714 bits per heavy atom. The highest BCUT2D eigenvalue weighted by Crippen LogP contribution is 2.29. The highest BCUT2D eigenvalue weighted by molar-refractivity contribution is 7.99. The van der Waals surface area contributed by atoms with Gasteiger partial charge in [-0.2, -0.15) is 0 Å². The topological polar surface area (TPSA) is 84.5 Å². The van der Waals surface area contributed by atoms with Gasteiger partial charge in [-0.25, -0.2) is 0 Å². The molecule has 0 aliphatic heterocycles. The standard InChI is InChI=1S/C25H21Cl3N2O4S/c26-16-4-9-19(10-5-16)35-20-11-6-17(7-12-20)29-23(31)2-1-3-25(33)34-15-24(32)30-18-8-13-21(27)22(28)14-18/h4-14H,1-3,15H2,(H,29,31)(H,30,32). The molecule has 0 radical (unpaired) electrons. The number of nitrogens with one attached hydrogen (secondary N) is 2. The summed E-state index contributed by atoms with van der Waals surface area (Å²) in [6.07, 6.45) is 0.458. The minimum atomic E-state index is -0.564. The van der Waals surface area contributed by atoms with Crippen molar-refractivity contribution in [3.8, 4) is 0 Å². The van der Waals surface area contributed by atoms with E-state index >= 15 is 0 Å². The second-order valence-corrected chi connectivity index (χ2v) is 9.72. The molecular weight excluding hydrogens is 531 g/mol. The molecule has 0 heterocycles. The normalized spacial score (nSPS) is 10.5. The van der Waals surface area contributed by atoms with Crippen LogP contribution in [-0.4, -0.2) is 24.4 Å². The maximum Gasteiger partial charge on any atom is 0.306 e. The molecule has 3 aromatic rings. The zero-order valence-electron chi connectivity index (χ0n) is 18.4. The average Bonchev–Trinajstić information content (AvgIpc) is 2.83. The predicted molar refractivity (Wildman–Crippen MR) is 141 cm³/mol. The smallest absolute Gasteiger partial charge is 0.306 e. The monoisotopic (exact) mass is 550 g/mol. The maximum atomic E-state index is 12.2. The molecule has 0 saturated heterocycles. The molecule has 0 aliphatic carbocycles. The first kappa shape index (κ1) is 26.9. The molecule has 0 atom stereocenters. The van der Waals surface area contributed by atoms with E-state index in [0.717, 1.165) is 9.79 Å². The second kappa shape index (κ2) is 13.4. The summed E-state index contributed by atoms with van der Waals surface area (Å²) in [7, 11) is 0. The van der Waals surface area contributed by atoms with E-state index in [0.29, 0.717) is 32.9 Å². The lowest BCUT2D eigenvalue weighted by Gasteiger charge is -2.08. The largest absolute Gasteiger partial charge is 0.456 e. The van der Waals surface area contributed by atoms with Gasteiger partial charge in [0.05, 0.1) is 10.0 Å². The zero-order chi connectivity index (χ0) is 25.2. The third-order valence-electron chi connectivity index (χ3n) is 4.54. The fourth-order valence-electron chi connectivity index (χ4n) is 2.85. The van der Waals surface area contributed by atoms with Crippen LogP contribution in [0.1, 0.15) is 19.3 Å². The molecule has 0 spiro atoms. The van der Waals surface area contributed by atoms with Crippen LogP contribution in [0.15, 0.2) is 76.5 Å². The lowest BCUT2D eigenvalue weighted by Crippen LogP contribution is -2.21. The van der Waals surface area contributed by atoms with Crippen LogP contribution >= 0.6 is 46.6 Å². The zero-order valence-corrected chi connectivity index (χ0v) is 21.4. The molecule has 2 N–H and O–H groups in total. The lowest BCUT2D eigenvalue weighted by molar-refractivity contribution is -0.147. The summed E-state index contributed by atoms with van der Waals surface area (Å²) in [4.78, 5) is 38.0. The Bertz CT molecular complexity index is 1190. The van der Waals surface area contributed by atoms with Crippen molar-refractivity contribution < 1.29 is 19.1 Å². The maximum absolute atomic E-state index is 12.2. The van der Waals surface area contributed by atoms with E-state index in [2.05, 4.69) is 10.6 Å². The summed E-state index contributed by atoms with van der Waals surface area (Å²) in [6, 6.07) is 19.6. The number of ether oxygens (including phenoxy) is 1. The minimum Gasteiger partial charge on any atom is -0.456 e. The van der Waals surface area contributed by atoms with Crippen LogP contribution in [0.3, 0.4) is 0 Å². The number of carbonyl (C=O) groups is 3. The molecule has 6 nitrogen and oxygen atoms in total. The Labute approximate surface area is 222 Å². The summed E-state index contributed by atoms with van der Waals surface area (Å²) in [6.45, 7) is -0.439. The van der Waals surface area contributed by atoms with Crippen molar-refractivity contribution in [2.45, 2.75) is 29.1 Å². The second-order valence-electron chi connectivity index (χ2n) is 7.32. The molecule has 2 amide bonds.